The van der Waals surface area contributed by atoms with Crippen LogP contribution >= 0.6 is 11.8 Å². The highest BCUT2D eigenvalue weighted by molar-refractivity contribution is 7.99. The van der Waals surface area contributed by atoms with Crippen molar-refractivity contribution in [2.75, 3.05) is 5.75 Å². The van der Waals surface area contributed by atoms with E-state index in [2.05, 4.69) is 0 Å². The van der Waals surface area contributed by atoms with Gasteiger partial charge in [0.25, 0.3) is 0 Å². The second-order valence-electron chi connectivity index (χ2n) is 2.84. The van der Waals surface area contributed by atoms with Crippen molar-refractivity contribution in [1.82, 2.24) is 0 Å². The lowest BCUT2D eigenvalue weighted by Gasteiger charge is -2.11. The van der Waals surface area contributed by atoms with Gasteiger partial charge < -0.3 is 5.11 Å². The Morgan fingerprint density at radius 2 is 1.93 bits per heavy atom. The molecule has 0 aromatic heterocycles. The lowest BCUT2D eigenvalue weighted by Crippen LogP contribution is -2.25. The van der Waals surface area contributed by atoms with Crippen LogP contribution in [0.15, 0.2) is 29.2 Å². The van der Waals surface area contributed by atoms with Gasteiger partial charge in [0.2, 0.25) is 0 Å². The summed E-state index contributed by atoms with van der Waals surface area (Å²) in [5.41, 5.74) is -0.490. The molecule has 1 aromatic rings. The van der Waals surface area contributed by atoms with Crippen molar-refractivity contribution in [3.8, 4) is 0 Å². The highest BCUT2D eigenvalue weighted by Crippen LogP contribution is 2.29. The summed E-state index contributed by atoms with van der Waals surface area (Å²) in [5, 5.41) is 8.31. The van der Waals surface area contributed by atoms with E-state index in [0.717, 1.165) is 22.8 Å². The van der Waals surface area contributed by atoms with E-state index in [0.29, 0.717) is 0 Å². The van der Waals surface area contributed by atoms with E-state index < -0.39 is 17.5 Å². The van der Waals surface area contributed by atoms with Gasteiger partial charge in [0.1, 0.15) is 0 Å². The quantitative estimate of drug-likeness (QED) is 0.811. The fraction of sp³-hybridized carbons (Fsp3) is 0.300. The first-order chi connectivity index (χ1) is 6.98. The van der Waals surface area contributed by atoms with E-state index in [1.807, 2.05) is 6.92 Å². The molecule has 1 N–H and O–H groups in total. The van der Waals surface area contributed by atoms with Crippen LogP contribution in [0.1, 0.15) is 12.5 Å². The first kappa shape index (κ1) is 12.0. The molecule has 0 heterocycles. The third-order valence-corrected chi connectivity index (χ3v) is 2.69. The molecule has 0 bridgehead atoms. The van der Waals surface area contributed by atoms with Crippen LogP contribution in [0.4, 0.5) is 8.78 Å². The lowest BCUT2D eigenvalue weighted by molar-refractivity contribution is -0.166. The Hall–Kier alpha value is -1.10. The van der Waals surface area contributed by atoms with Gasteiger partial charge in [0, 0.05) is 10.5 Å². The van der Waals surface area contributed by atoms with Crippen LogP contribution in [0, 0.1) is 0 Å². The molecule has 0 fully saturated rings. The molecule has 0 saturated carbocycles. The van der Waals surface area contributed by atoms with Gasteiger partial charge in [-0.2, -0.15) is 8.78 Å². The maximum Gasteiger partial charge on any atom is 0.379 e. The van der Waals surface area contributed by atoms with Crippen LogP contribution in [-0.2, 0) is 10.7 Å². The molecule has 2 nitrogen and oxygen atoms in total. The molecule has 1 rings (SSSR count). The molecule has 0 atom stereocenters. The SMILES string of the molecule is CCSc1ccc(C(F)(F)C(=O)O)cc1. The van der Waals surface area contributed by atoms with Gasteiger partial charge in [0.15, 0.2) is 0 Å². The Balaban J connectivity index is 2.93. The molecular weight excluding hydrogens is 222 g/mol. The van der Waals surface area contributed by atoms with E-state index in [4.69, 9.17) is 5.11 Å². The summed E-state index contributed by atoms with van der Waals surface area (Å²) < 4.78 is 26.0. The van der Waals surface area contributed by atoms with Crippen molar-refractivity contribution in [3.63, 3.8) is 0 Å². The predicted octanol–water partition coefficient (Wildman–Crippen LogP) is 2.98. The molecule has 1 aromatic carbocycles. The van der Waals surface area contributed by atoms with Crippen molar-refractivity contribution in [2.24, 2.45) is 0 Å². The number of halogens is 2. The number of benzene rings is 1. The van der Waals surface area contributed by atoms with Gasteiger partial charge in [-0.05, 0) is 17.9 Å². The van der Waals surface area contributed by atoms with Gasteiger partial charge in [-0.1, -0.05) is 19.1 Å². The van der Waals surface area contributed by atoms with E-state index in [-0.39, 0.29) is 0 Å². The molecule has 0 radical (unpaired) electrons. The number of thioether (sulfide) groups is 1. The zero-order chi connectivity index (χ0) is 11.5. The topological polar surface area (TPSA) is 37.3 Å². The van der Waals surface area contributed by atoms with Crippen LogP contribution < -0.4 is 0 Å². The Morgan fingerprint density at radius 1 is 1.40 bits per heavy atom. The van der Waals surface area contributed by atoms with Crippen molar-refractivity contribution < 1.29 is 18.7 Å². The Bertz CT molecular complexity index is 349. The number of aliphatic carboxylic acids is 1. The molecule has 0 aliphatic heterocycles. The minimum Gasteiger partial charge on any atom is -0.477 e. The van der Waals surface area contributed by atoms with Crippen molar-refractivity contribution in [2.45, 2.75) is 17.7 Å². The molecule has 0 aliphatic rings. The second kappa shape index (κ2) is 4.61. The summed E-state index contributed by atoms with van der Waals surface area (Å²) in [5.74, 6) is -5.09. The molecule has 5 heteroatoms. The number of hydrogen-bond donors (Lipinski definition) is 1. The van der Waals surface area contributed by atoms with Gasteiger partial charge in [0.05, 0.1) is 0 Å². The van der Waals surface area contributed by atoms with Gasteiger partial charge in [-0.25, -0.2) is 4.79 Å². The molecule has 15 heavy (non-hydrogen) atoms. The monoisotopic (exact) mass is 232 g/mol. The third kappa shape index (κ3) is 2.68. The fourth-order valence-electron chi connectivity index (χ4n) is 1.05. The summed E-state index contributed by atoms with van der Waals surface area (Å²) >= 11 is 1.51. The molecular formula is C10H10F2O2S. The number of carboxylic acids is 1. The minimum atomic E-state index is -3.81. The van der Waals surface area contributed by atoms with Crippen LogP contribution in [0.25, 0.3) is 0 Å². The first-order valence-electron chi connectivity index (χ1n) is 4.33. The van der Waals surface area contributed by atoms with Crippen LogP contribution in [0.2, 0.25) is 0 Å². The second-order valence-corrected chi connectivity index (χ2v) is 4.17. The zero-order valence-corrected chi connectivity index (χ0v) is 8.85. The highest BCUT2D eigenvalue weighted by Gasteiger charge is 2.40. The van der Waals surface area contributed by atoms with E-state index in [1.165, 1.54) is 23.9 Å². The van der Waals surface area contributed by atoms with Crippen LogP contribution in [-0.4, -0.2) is 16.8 Å². The van der Waals surface area contributed by atoms with Crippen molar-refractivity contribution in [3.05, 3.63) is 29.8 Å². The Morgan fingerprint density at radius 3 is 2.33 bits per heavy atom. The molecule has 82 valence electrons. The highest BCUT2D eigenvalue weighted by atomic mass is 32.2. The first-order valence-corrected chi connectivity index (χ1v) is 5.31. The molecule has 0 aliphatic carbocycles. The number of alkyl halides is 2. The van der Waals surface area contributed by atoms with E-state index >= 15 is 0 Å². The zero-order valence-electron chi connectivity index (χ0n) is 8.04. The molecule has 0 spiro atoms. The van der Waals surface area contributed by atoms with Crippen LogP contribution in [0.3, 0.4) is 0 Å². The maximum absolute atomic E-state index is 13.0. The summed E-state index contributed by atoms with van der Waals surface area (Å²) in [6.45, 7) is 1.95. The fourth-order valence-corrected chi connectivity index (χ4v) is 1.71. The summed E-state index contributed by atoms with van der Waals surface area (Å²) in [7, 11) is 0. The van der Waals surface area contributed by atoms with Crippen molar-refractivity contribution in [1.29, 1.82) is 0 Å². The van der Waals surface area contributed by atoms with Gasteiger partial charge >= 0.3 is 11.9 Å². The summed E-state index contributed by atoms with van der Waals surface area (Å²) in [6, 6.07) is 5.29. The molecule has 0 amide bonds. The summed E-state index contributed by atoms with van der Waals surface area (Å²) in [6.07, 6.45) is 0. The van der Waals surface area contributed by atoms with Crippen molar-refractivity contribution >= 4 is 17.7 Å². The number of carboxylic acid groups (broad SMARTS) is 1. The van der Waals surface area contributed by atoms with Gasteiger partial charge in [-0.15, -0.1) is 11.8 Å². The smallest absolute Gasteiger partial charge is 0.379 e. The normalized spacial score (nSPS) is 11.4. The van der Waals surface area contributed by atoms with E-state index in [9.17, 15) is 13.6 Å². The minimum absolute atomic E-state index is 0.490. The molecule has 0 unspecified atom stereocenters. The Kier molecular flexibility index (Phi) is 3.68. The third-order valence-electron chi connectivity index (χ3n) is 1.80. The lowest BCUT2D eigenvalue weighted by atomic mass is 10.1. The number of hydrogen-bond acceptors (Lipinski definition) is 2. The average molecular weight is 232 g/mol. The average Bonchev–Trinajstić information content (AvgIpc) is 2.19. The standard InChI is InChI=1S/C10H10F2O2S/c1-2-15-8-5-3-7(4-6-8)10(11,12)9(13)14/h3-6H,2H2,1H3,(H,13,14). The molecule has 0 saturated heterocycles. The number of carbonyl (C=O) groups is 1. The largest absolute Gasteiger partial charge is 0.477 e. The van der Waals surface area contributed by atoms with E-state index in [1.54, 1.807) is 0 Å². The Labute approximate surface area is 90.3 Å². The summed E-state index contributed by atoms with van der Waals surface area (Å²) in [4.78, 5) is 11.1. The maximum atomic E-state index is 13.0. The number of rotatable bonds is 4. The van der Waals surface area contributed by atoms with Crippen LogP contribution in [0.5, 0.6) is 0 Å². The van der Waals surface area contributed by atoms with Gasteiger partial charge in [-0.3, -0.25) is 0 Å². The predicted molar refractivity (Wildman–Crippen MR) is 54.4 cm³/mol.